The molecule has 2 heterocycles. The number of fused-ring (bicyclic) bond motifs is 1. The summed E-state index contributed by atoms with van der Waals surface area (Å²) in [7, 11) is 0. The van der Waals surface area contributed by atoms with Gasteiger partial charge in [0.25, 0.3) is 5.91 Å². The van der Waals surface area contributed by atoms with Gasteiger partial charge < -0.3 is 29.2 Å². The SMILES string of the molecule is C[C@@H](OC(=O)C1CCN(C(=O)OC(C)(C)C)CC1)C(=O)Nc1ccc2c(c1)OCO2. The van der Waals surface area contributed by atoms with Crippen LogP contribution >= 0.6 is 0 Å². The van der Waals surface area contributed by atoms with Crippen LogP contribution in [0.3, 0.4) is 0 Å². The summed E-state index contributed by atoms with van der Waals surface area (Å²) in [5, 5.41) is 2.70. The van der Waals surface area contributed by atoms with Crippen LogP contribution in [0.5, 0.6) is 11.5 Å². The average molecular weight is 420 g/mol. The Labute approximate surface area is 175 Å². The van der Waals surface area contributed by atoms with E-state index in [-0.39, 0.29) is 18.8 Å². The number of carbonyl (C=O) groups excluding carboxylic acids is 3. The molecule has 30 heavy (non-hydrogen) atoms. The molecule has 0 radical (unpaired) electrons. The van der Waals surface area contributed by atoms with Crippen molar-refractivity contribution in [2.75, 3.05) is 25.2 Å². The fraction of sp³-hybridized carbons (Fsp3) is 0.571. The zero-order valence-corrected chi connectivity index (χ0v) is 17.7. The number of rotatable bonds is 4. The van der Waals surface area contributed by atoms with Crippen LogP contribution in [0.15, 0.2) is 18.2 Å². The molecule has 0 aromatic heterocycles. The molecule has 3 rings (SSSR count). The maximum absolute atomic E-state index is 12.5. The standard InChI is InChI=1S/C21H28N2O7/c1-13(18(24)22-15-5-6-16-17(11-15)28-12-27-16)29-19(25)14-7-9-23(10-8-14)20(26)30-21(2,3)4/h5-6,11,13-14H,7-10,12H2,1-4H3,(H,22,24)/t13-/m1/s1. The summed E-state index contributed by atoms with van der Waals surface area (Å²) in [6.45, 7) is 7.92. The lowest BCUT2D eigenvalue weighted by molar-refractivity contribution is -0.158. The molecule has 1 saturated heterocycles. The Hall–Kier alpha value is -2.97. The molecule has 0 unspecified atom stereocenters. The molecule has 1 aromatic rings. The highest BCUT2D eigenvalue weighted by molar-refractivity contribution is 5.95. The largest absolute Gasteiger partial charge is 0.454 e. The van der Waals surface area contributed by atoms with Crippen molar-refractivity contribution >= 4 is 23.7 Å². The molecule has 1 atom stereocenters. The maximum Gasteiger partial charge on any atom is 0.410 e. The van der Waals surface area contributed by atoms with Crippen LogP contribution in [-0.4, -0.2) is 54.5 Å². The lowest BCUT2D eigenvalue weighted by Crippen LogP contribution is -2.43. The number of carbonyl (C=O) groups is 3. The Morgan fingerprint density at radius 1 is 1.13 bits per heavy atom. The van der Waals surface area contributed by atoms with E-state index in [4.69, 9.17) is 18.9 Å². The summed E-state index contributed by atoms with van der Waals surface area (Å²) >= 11 is 0. The molecule has 2 amide bonds. The first-order chi connectivity index (χ1) is 14.1. The maximum atomic E-state index is 12.5. The number of anilines is 1. The third kappa shape index (κ3) is 5.55. The van der Waals surface area contributed by atoms with E-state index in [1.165, 1.54) is 6.92 Å². The molecule has 1 N–H and O–H groups in total. The van der Waals surface area contributed by atoms with E-state index in [1.807, 2.05) is 20.8 Å². The summed E-state index contributed by atoms with van der Waals surface area (Å²) in [5.41, 5.74) is -0.0361. The highest BCUT2D eigenvalue weighted by atomic mass is 16.7. The van der Waals surface area contributed by atoms with Crippen LogP contribution in [0.1, 0.15) is 40.5 Å². The van der Waals surface area contributed by atoms with E-state index in [0.29, 0.717) is 43.1 Å². The number of amides is 2. The van der Waals surface area contributed by atoms with Crippen LogP contribution in [0, 0.1) is 5.92 Å². The molecule has 9 heteroatoms. The van der Waals surface area contributed by atoms with Gasteiger partial charge in [-0.05, 0) is 52.7 Å². The lowest BCUT2D eigenvalue weighted by atomic mass is 9.97. The number of nitrogens with zero attached hydrogens (tertiary/aromatic N) is 1. The average Bonchev–Trinajstić information content (AvgIpc) is 3.14. The van der Waals surface area contributed by atoms with Gasteiger partial charge in [-0.15, -0.1) is 0 Å². The second-order valence-corrected chi connectivity index (χ2v) is 8.38. The minimum Gasteiger partial charge on any atom is -0.454 e. The minimum absolute atomic E-state index is 0.146. The summed E-state index contributed by atoms with van der Waals surface area (Å²) in [6, 6.07) is 5.04. The monoisotopic (exact) mass is 420 g/mol. The predicted octanol–water partition coefficient (Wildman–Crippen LogP) is 2.93. The molecule has 0 spiro atoms. The number of hydrogen-bond acceptors (Lipinski definition) is 7. The number of likely N-dealkylation sites (tertiary alicyclic amines) is 1. The van der Waals surface area contributed by atoms with Crippen LogP contribution in [0.25, 0.3) is 0 Å². The number of hydrogen-bond donors (Lipinski definition) is 1. The van der Waals surface area contributed by atoms with E-state index in [9.17, 15) is 14.4 Å². The normalized spacial score (nSPS) is 17.3. The second kappa shape index (κ2) is 8.81. The van der Waals surface area contributed by atoms with Crippen molar-refractivity contribution in [3.05, 3.63) is 18.2 Å². The minimum atomic E-state index is -0.952. The zero-order valence-electron chi connectivity index (χ0n) is 17.7. The van der Waals surface area contributed by atoms with E-state index < -0.39 is 23.6 Å². The zero-order chi connectivity index (χ0) is 21.9. The van der Waals surface area contributed by atoms with Gasteiger partial charge in [0, 0.05) is 24.8 Å². The third-order valence-corrected chi connectivity index (χ3v) is 4.78. The first kappa shape index (κ1) is 21.7. The first-order valence-electron chi connectivity index (χ1n) is 10.0. The van der Waals surface area contributed by atoms with E-state index >= 15 is 0 Å². The Kier molecular flexibility index (Phi) is 6.38. The number of ether oxygens (including phenoxy) is 4. The molecule has 0 saturated carbocycles. The van der Waals surface area contributed by atoms with Gasteiger partial charge in [-0.1, -0.05) is 0 Å². The van der Waals surface area contributed by atoms with Crippen molar-refractivity contribution in [3.8, 4) is 11.5 Å². The Balaban J connectivity index is 1.45. The van der Waals surface area contributed by atoms with Gasteiger partial charge in [-0.2, -0.15) is 0 Å². The molecule has 164 valence electrons. The molecule has 9 nitrogen and oxygen atoms in total. The Morgan fingerprint density at radius 2 is 1.80 bits per heavy atom. The van der Waals surface area contributed by atoms with Gasteiger partial charge in [0.15, 0.2) is 17.6 Å². The number of piperidine rings is 1. The van der Waals surface area contributed by atoms with Crippen molar-refractivity contribution in [1.82, 2.24) is 4.90 Å². The van der Waals surface area contributed by atoms with Crippen LogP contribution in [0.4, 0.5) is 10.5 Å². The number of esters is 1. The number of benzene rings is 1. The highest BCUT2D eigenvalue weighted by Gasteiger charge is 2.32. The van der Waals surface area contributed by atoms with E-state index in [2.05, 4.69) is 5.32 Å². The first-order valence-corrected chi connectivity index (χ1v) is 10.0. The Morgan fingerprint density at radius 3 is 2.47 bits per heavy atom. The molecule has 2 aliphatic rings. The molecular weight excluding hydrogens is 392 g/mol. The van der Waals surface area contributed by atoms with Crippen molar-refractivity contribution in [3.63, 3.8) is 0 Å². The summed E-state index contributed by atoms with van der Waals surface area (Å²) in [4.78, 5) is 38.5. The van der Waals surface area contributed by atoms with Gasteiger partial charge >= 0.3 is 12.1 Å². The summed E-state index contributed by atoms with van der Waals surface area (Å²) < 4.78 is 21.2. The molecule has 0 bridgehead atoms. The molecule has 2 aliphatic heterocycles. The van der Waals surface area contributed by atoms with E-state index in [1.54, 1.807) is 23.1 Å². The summed E-state index contributed by atoms with van der Waals surface area (Å²) in [5.74, 6) is -0.0653. The lowest BCUT2D eigenvalue weighted by Gasteiger charge is -2.32. The fourth-order valence-corrected chi connectivity index (χ4v) is 3.17. The van der Waals surface area contributed by atoms with Gasteiger partial charge in [0.2, 0.25) is 6.79 Å². The topological polar surface area (TPSA) is 103 Å². The summed E-state index contributed by atoms with van der Waals surface area (Å²) in [6.07, 6.45) is -0.402. The van der Waals surface area contributed by atoms with Gasteiger partial charge in [-0.3, -0.25) is 9.59 Å². The molecule has 1 aromatic carbocycles. The van der Waals surface area contributed by atoms with Crippen molar-refractivity contribution < 1.29 is 33.3 Å². The van der Waals surface area contributed by atoms with Crippen molar-refractivity contribution in [2.45, 2.75) is 52.2 Å². The Bertz CT molecular complexity index is 810. The quantitative estimate of drug-likeness (QED) is 0.747. The molecule has 0 aliphatic carbocycles. The molecular formula is C21H28N2O7. The van der Waals surface area contributed by atoms with Gasteiger partial charge in [0.05, 0.1) is 5.92 Å². The number of nitrogens with one attached hydrogen (secondary N) is 1. The van der Waals surface area contributed by atoms with Crippen LogP contribution in [0.2, 0.25) is 0 Å². The van der Waals surface area contributed by atoms with Crippen molar-refractivity contribution in [1.29, 1.82) is 0 Å². The smallest absolute Gasteiger partial charge is 0.410 e. The second-order valence-electron chi connectivity index (χ2n) is 8.38. The van der Waals surface area contributed by atoms with Gasteiger partial charge in [0.1, 0.15) is 5.60 Å². The predicted molar refractivity (Wildman–Crippen MR) is 107 cm³/mol. The van der Waals surface area contributed by atoms with E-state index in [0.717, 1.165) is 0 Å². The third-order valence-electron chi connectivity index (χ3n) is 4.78. The van der Waals surface area contributed by atoms with Gasteiger partial charge in [-0.25, -0.2) is 4.79 Å². The highest BCUT2D eigenvalue weighted by Crippen LogP contribution is 2.34. The molecule has 1 fully saturated rings. The van der Waals surface area contributed by atoms with Crippen molar-refractivity contribution in [2.24, 2.45) is 5.92 Å². The van der Waals surface area contributed by atoms with Crippen LogP contribution in [-0.2, 0) is 19.1 Å². The fourth-order valence-electron chi connectivity index (χ4n) is 3.17. The van der Waals surface area contributed by atoms with Crippen LogP contribution < -0.4 is 14.8 Å².